The van der Waals surface area contributed by atoms with Gasteiger partial charge in [0.15, 0.2) is 0 Å². The maximum Gasteiger partial charge on any atom is 0.317 e. The highest BCUT2D eigenvalue weighted by molar-refractivity contribution is 5.72. The first-order valence-corrected chi connectivity index (χ1v) is 4.85. The van der Waals surface area contributed by atoms with Gasteiger partial charge in [0.1, 0.15) is 6.42 Å². The molecule has 0 heterocycles. The molecular weight excluding hydrogens is 222 g/mol. The summed E-state index contributed by atoms with van der Waals surface area (Å²) in [6.45, 7) is 1.80. The Morgan fingerprint density at radius 2 is 2.24 bits per heavy atom. The van der Waals surface area contributed by atoms with Crippen molar-refractivity contribution in [1.29, 1.82) is 0 Å². The van der Waals surface area contributed by atoms with Gasteiger partial charge in [0.25, 0.3) is 5.69 Å². The molecule has 0 saturated heterocycles. The maximum absolute atomic E-state index is 10.8. The first-order chi connectivity index (χ1) is 8.04. The lowest BCUT2D eigenvalue weighted by Crippen LogP contribution is -1.97. The largest absolute Gasteiger partial charge is 0.468 e. The zero-order valence-electron chi connectivity index (χ0n) is 9.52. The van der Waals surface area contributed by atoms with Crippen LogP contribution in [0.3, 0.4) is 0 Å². The molecule has 0 aliphatic carbocycles. The Kier molecular flexibility index (Phi) is 4.23. The Labute approximate surface area is 98.5 Å². The first kappa shape index (κ1) is 12.7. The molecule has 0 atom stereocenters. The fourth-order valence-electron chi connectivity index (χ4n) is 1.14. The van der Waals surface area contributed by atoms with Crippen LogP contribution in [0.2, 0.25) is 0 Å². The minimum Gasteiger partial charge on any atom is -0.468 e. The van der Waals surface area contributed by atoms with Gasteiger partial charge >= 0.3 is 5.97 Å². The third-order valence-electron chi connectivity index (χ3n) is 2.12. The normalized spacial score (nSPS) is 9.06. The smallest absolute Gasteiger partial charge is 0.317 e. The van der Waals surface area contributed by atoms with E-state index in [9.17, 15) is 14.9 Å². The third kappa shape index (κ3) is 3.61. The van der Waals surface area contributed by atoms with Crippen LogP contribution in [0.25, 0.3) is 0 Å². The van der Waals surface area contributed by atoms with Gasteiger partial charge < -0.3 is 4.74 Å². The van der Waals surface area contributed by atoms with E-state index in [1.165, 1.54) is 19.2 Å². The summed E-state index contributed by atoms with van der Waals surface area (Å²) in [5, 5.41) is 10.6. The van der Waals surface area contributed by atoms with Gasteiger partial charge in [-0.15, -0.1) is 0 Å². The van der Waals surface area contributed by atoms with Gasteiger partial charge in [0.2, 0.25) is 0 Å². The van der Waals surface area contributed by atoms with E-state index < -0.39 is 10.9 Å². The highest BCUT2D eigenvalue weighted by Gasteiger charge is 2.06. The van der Waals surface area contributed by atoms with Crippen LogP contribution >= 0.6 is 0 Å². The van der Waals surface area contributed by atoms with Crippen LogP contribution in [0, 0.1) is 28.9 Å². The van der Waals surface area contributed by atoms with Crippen LogP contribution in [0.4, 0.5) is 5.69 Å². The second-order valence-corrected chi connectivity index (χ2v) is 3.31. The van der Waals surface area contributed by atoms with Crippen molar-refractivity contribution in [3.8, 4) is 11.8 Å². The molecule has 1 aromatic carbocycles. The number of hydrogen-bond donors (Lipinski definition) is 0. The van der Waals surface area contributed by atoms with Crippen LogP contribution in [0.1, 0.15) is 17.5 Å². The lowest BCUT2D eigenvalue weighted by atomic mass is 10.1. The molecule has 0 amide bonds. The second-order valence-electron chi connectivity index (χ2n) is 3.31. The molecular formula is C12H11NO4. The summed E-state index contributed by atoms with van der Waals surface area (Å²) >= 11 is 0. The van der Waals surface area contributed by atoms with Gasteiger partial charge in [-0.05, 0) is 12.5 Å². The SMILES string of the molecule is COC(=O)CC#Cc1cc([N+](=O)[O-])ccc1C. The van der Waals surface area contributed by atoms with Crippen LogP contribution in [-0.4, -0.2) is 18.0 Å². The molecule has 1 aromatic rings. The molecule has 0 unspecified atom stereocenters. The van der Waals surface area contributed by atoms with Gasteiger partial charge in [-0.25, -0.2) is 0 Å². The Hall–Kier alpha value is -2.35. The third-order valence-corrected chi connectivity index (χ3v) is 2.12. The van der Waals surface area contributed by atoms with Crippen LogP contribution < -0.4 is 0 Å². The number of rotatable bonds is 2. The Morgan fingerprint density at radius 3 is 2.82 bits per heavy atom. The zero-order chi connectivity index (χ0) is 12.8. The predicted molar refractivity (Wildman–Crippen MR) is 61.3 cm³/mol. The van der Waals surface area contributed by atoms with Gasteiger partial charge in [-0.1, -0.05) is 17.9 Å². The molecule has 5 heteroatoms. The highest BCUT2D eigenvalue weighted by atomic mass is 16.6. The molecule has 0 saturated carbocycles. The van der Waals surface area contributed by atoms with Crippen molar-refractivity contribution in [2.24, 2.45) is 0 Å². The molecule has 0 aliphatic rings. The molecule has 0 fully saturated rings. The molecule has 0 bridgehead atoms. The number of benzene rings is 1. The second kappa shape index (κ2) is 5.66. The molecule has 0 aliphatic heterocycles. The Bertz CT molecular complexity index is 511. The van der Waals surface area contributed by atoms with E-state index in [1.54, 1.807) is 13.0 Å². The van der Waals surface area contributed by atoms with Crippen LogP contribution in [0.15, 0.2) is 18.2 Å². The van der Waals surface area contributed by atoms with Gasteiger partial charge in [0, 0.05) is 17.7 Å². The van der Waals surface area contributed by atoms with Crippen molar-refractivity contribution < 1.29 is 14.5 Å². The number of methoxy groups -OCH3 is 1. The van der Waals surface area contributed by atoms with E-state index in [0.717, 1.165) is 5.56 Å². The highest BCUT2D eigenvalue weighted by Crippen LogP contribution is 2.16. The summed E-state index contributed by atoms with van der Waals surface area (Å²) in [7, 11) is 1.28. The van der Waals surface area contributed by atoms with Gasteiger partial charge in [-0.3, -0.25) is 14.9 Å². The van der Waals surface area contributed by atoms with Crippen molar-refractivity contribution in [3.63, 3.8) is 0 Å². The Balaban J connectivity index is 2.93. The van der Waals surface area contributed by atoms with Crippen molar-refractivity contribution in [1.82, 2.24) is 0 Å². The summed E-state index contributed by atoms with van der Waals surface area (Å²) in [5.74, 6) is 4.90. The number of nitro benzene ring substituents is 1. The number of non-ortho nitro benzene ring substituents is 1. The predicted octanol–water partition coefficient (Wildman–Crippen LogP) is 1.82. The van der Waals surface area contributed by atoms with E-state index in [-0.39, 0.29) is 12.1 Å². The number of aryl methyl sites for hydroxylation is 1. The summed E-state index contributed by atoms with van der Waals surface area (Å²) in [5.41, 5.74) is 1.36. The number of esters is 1. The van der Waals surface area contributed by atoms with Gasteiger partial charge in [0.05, 0.1) is 12.0 Å². The minimum atomic E-state index is -0.481. The number of hydrogen-bond acceptors (Lipinski definition) is 4. The minimum absolute atomic E-state index is 0.0158. The molecule has 88 valence electrons. The molecule has 0 aromatic heterocycles. The summed E-state index contributed by atoms with van der Waals surface area (Å²) in [6.07, 6.45) is -0.0291. The number of carbonyl (C=O) groups excluding carboxylic acids is 1. The monoisotopic (exact) mass is 233 g/mol. The average molecular weight is 233 g/mol. The molecule has 5 nitrogen and oxygen atoms in total. The number of ether oxygens (including phenoxy) is 1. The van der Waals surface area contributed by atoms with Crippen molar-refractivity contribution >= 4 is 11.7 Å². The van der Waals surface area contributed by atoms with E-state index in [1.807, 2.05) is 0 Å². The van der Waals surface area contributed by atoms with Crippen molar-refractivity contribution in [2.75, 3.05) is 7.11 Å². The number of carbonyl (C=O) groups is 1. The molecule has 0 N–H and O–H groups in total. The fourth-order valence-corrected chi connectivity index (χ4v) is 1.14. The number of nitrogens with zero attached hydrogens (tertiary/aromatic N) is 1. The van der Waals surface area contributed by atoms with E-state index in [4.69, 9.17) is 0 Å². The van der Waals surface area contributed by atoms with Gasteiger partial charge in [-0.2, -0.15) is 0 Å². The lowest BCUT2D eigenvalue weighted by molar-refractivity contribution is -0.384. The van der Waals surface area contributed by atoms with Crippen LogP contribution in [-0.2, 0) is 9.53 Å². The number of nitro groups is 1. The average Bonchev–Trinajstić information content (AvgIpc) is 2.30. The molecule has 0 spiro atoms. The van der Waals surface area contributed by atoms with Crippen molar-refractivity contribution in [3.05, 3.63) is 39.4 Å². The van der Waals surface area contributed by atoms with E-state index in [2.05, 4.69) is 16.6 Å². The molecule has 0 radical (unpaired) electrons. The maximum atomic E-state index is 10.8. The summed E-state index contributed by atoms with van der Waals surface area (Å²) in [6, 6.07) is 4.43. The van der Waals surface area contributed by atoms with Crippen molar-refractivity contribution in [2.45, 2.75) is 13.3 Å². The van der Waals surface area contributed by atoms with E-state index in [0.29, 0.717) is 5.56 Å². The summed E-state index contributed by atoms with van der Waals surface area (Å²) < 4.78 is 4.43. The summed E-state index contributed by atoms with van der Waals surface area (Å²) in [4.78, 5) is 20.9. The topological polar surface area (TPSA) is 69.4 Å². The quantitative estimate of drug-likeness (QED) is 0.338. The first-order valence-electron chi connectivity index (χ1n) is 4.85. The molecule has 1 rings (SSSR count). The Morgan fingerprint density at radius 1 is 1.53 bits per heavy atom. The molecule has 17 heavy (non-hydrogen) atoms. The lowest BCUT2D eigenvalue weighted by Gasteiger charge is -1.97. The van der Waals surface area contributed by atoms with E-state index >= 15 is 0 Å². The zero-order valence-corrected chi connectivity index (χ0v) is 9.52. The standard InChI is InChI=1S/C12H11NO4/c1-9-6-7-11(13(15)16)8-10(9)4-3-5-12(14)17-2/h6-8H,5H2,1-2H3. The van der Waals surface area contributed by atoms with Crippen LogP contribution in [0.5, 0.6) is 0 Å². The fraction of sp³-hybridized carbons (Fsp3) is 0.250.